The van der Waals surface area contributed by atoms with Gasteiger partial charge in [0.2, 0.25) is 0 Å². The maximum atomic E-state index is 6.24. The van der Waals surface area contributed by atoms with Crippen molar-refractivity contribution in [2.24, 2.45) is 5.73 Å². The highest BCUT2D eigenvalue weighted by Crippen LogP contribution is 2.33. The van der Waals surface area contributed by atoms with E-state index in [4.69, 9.17) is 40.5 Å². The zero-order valence-corrected chi connectivity index (χ0v) is 13.7. The fraction of sp³-hybridized carbons (Fsp3) is 0.143. The first-order valence-corrected chi connectivity index (χ1v) is 7.55. The SMILES string of the molecule is NC(Cc1c(Cl)cccc1Cl)c1cccc(Br)c1Cl. The molecule has 0 heterocycles. The normalized spacial score (nSPS) is 12.5. The molecule has 0 aliphatic rings. The third-order valence-electron chi connectivity index (χ3n) is 2.87. The Morgan fingerprint density at radius 3 is 2.21 bits per heavy atom. The molecular weight excluding hydrogens is 368 g/mol. The lowest BCUT2D eigenvalue weighted by Crippen LogP contribution is -2.14. The quantitative estimate of drug-likeness (QED) is 0.732. The molecule has 0 aliphatic carbocycles. The first-order chi connectivity index (χ1) is 9.00. The van der Waals surface area contributed by atoms with Crippen molar-refractivity contribution in [3.63, 3.8) is 0 Å². The smallest absolute Gasteiger partial charge is 0.0595 e. The van der Waals surface area contributed by atoms with Crippen LogP contribution in [0.4, 0.5) is 0 Å². The minimum absolute atomic E-state index is 0.262. The lowest BCUT2D eigenvalue weighted by Gasteiger charge is -2.16. The predicted molar refractivity (Wildman–Crippen MR) is 86.2 cm³/mol. The van der Waals surface area contributed by atoms with Crippen molar-refractivity contribution in [3.05, 3.63) is 67.1 Å². The van der Waals surface area contributed by atoms with E-state index in [9.17, 15) is 0 Å². The minimum atomic E-state index is -0.262. The maximum Gasteiger partial charge on any atom is 0.0595 e. The molecule has 1 nitrogen and oxygen atoms in total. The van der Waals surface area contributed by atoms with Crippen LogP contribution in [0.15, 0.2) is 40.9 Å². The average Bonchev–Trinajstić information content (AvgIpc) is 2.37. The number of nitrogens with two attached hydrogens (primary N) is 1. The summed E-state index contributed by atoms with van der Waals surface area (Å²) in [6, 6.07) is 10.8. The van der Waals surface area contributed by atoms with Crippen molar-refractivity contribution < 1.29 is 0 Å². The van der Waals surface area contributed by atoms with Crippen LogP contribution in [0.25, 0.3) is 0 Å². The fourth-order valence-corrected chi connectivity index (χ4v) is 3.06. The summed E-state index contributed by atoms with van der Waals surface area (Å²) in [4.78, 5) is 0. The van der Waals surface area contributed by atoms with Gasteiger partial charge in [-0.3, -0.25) is 0 Å². The third kappa shape index (κ3) is 3.45. The molecule has 0 bridgehead atoms. The molecule has 2 aromatic carbocycles. The van der Waals surface area contributed by atoms with Crippen molar-refractivity contribution in [3.8, 4) is 0 Å². The van der Waals surface area contributed by atoms with Crippen molar-refractivity contribution in [2.75, 3.05) is 0 Å². The minimum Gasteiger partial charge on any atom is -0.324 e. The summed E-state index contributed by atoms with van der Waals surface area (Å²) in [6.45, 7) is 0. The topological polar surface area (TPSA) is 26.0 Å². The molecule has 0 aromatic heterocycles. The van der Waals surface area contributed by atoms with E-state index >= 15 is 0 Å². The summed E-state index contributed by atoms with van der Waals surface area (Å²) in [7, 11) is 0. The Labute approximate surface area is 135 Å². The molecule has 0 saturated carbocycles. The van der Waals surface area contributed by atoms with Gasteiger partial charge in [-0.15, -0.1) is 0 Å². The molecule has 100 valence electrons. The monoisotopic (exact) mass is 377 g/mol. The Balaban J connectivity index is 2.31. The lowest BCUT2D eigenvalue weighted by molar-refractivity contribution is 0.722. The van der Waals surface area contributed by atoms with E-state index in [0.29, 0.717) is 21.5 Å². The summed E-state index contributed by atoms with van der Waals surface area (Å²) in [5.41, 5.74) is 7.92. The Kier molecular flexibility index (Phi) is 5.15. The van der Waals surface area contributed by atoms with E-state index in [0.717, 1.165) is 15.6 Å². The molecule has 0 fully saturated rings. The number of benzene rings is 2. The molecule has 0 amide bonds. The van der Waals surface area contributed by atoms with Crippen LogP contribution in [-0.2, 0) is 6.42 Å². The van der Waals surface area contributed by atoms with Gasteiger partial charge in [0, 0.05) is 20.6 Å². The Bertz CT molecular complexity index is 581. The van der Waals surface area contributed by atoms with Gasteiger partial charge in [0.25, 0.3) is 0 Å². The van der Waals surface area contributed by atoms with Gasteiger partial charge >= 0.3 is 0 Å². The van der Waals surface area contributed by atoms with Crippen LogP contribution in [0.5, 0.6) is 0 Å². The molecule has 0 radical (unpaired) electrons. The predicted octanol–water partition coefficient (Wildman–Crippen LogP) is 5.65. The third-order valence-corrected chi connectivity index (χ3v) is 4.89. The first kappa shape index (κ1) is 15.1. The van der Waals surface area contributed by atoms with Crippen molar-refractivity contribution in [1.29, 1.82) is 0 Å². The highest BCUT2D eigenvalue weighted by molar-refractivity contribution is 9.10. The van der Waals surface area contributed by atoms with Gasteiger partial charge in [0.1, 0.15) is 0 Å². The van der Waals surface area contributed by atoms with Crippen LogP contribution in [-0.4, -0.2) is 0 Å². The number of halogens is 4. The highest BCUT2D eigenvalue weighted by Gasteiger charge is 2.15. The number of hydrogen-bond acceptors (Lipinski definition) is 1. The van der Waals surface area contributed by atoms with Gasteiger partial charge in [-0.1, -0.05) is 53.0 Å². The summed E-state index contributed by atoms with van der Waals surface area (Å²) >= 11 is 21.9. The van der Waals surface area contributed by atoms with Gasteiger partial charge in [0.05, 0.1) is 5.02 Å². The molecule has 0 spiro atoms. The van der Waals surface area contributed by atoms with Crippen molar-refractivity contribution in [2.45, 2.75) is 12.5 Å². The van der Waals surface area contributed by atoms with Crippen molar-refractivity contribution in [1.82, 2.24) is 0 Å². The molecule has 2 N–H and O–H groups in total. The van der Waals surface area contributed by atoms with E-state index < -0.39 is 0 Å². The molecule has 0 aliphatic heterocycles. The van der Waals surface area contributed by atoms with Crippen LogP contribution < -0.4 is 5.73 Å². The second-order valence-electron chi connectivity index (χ2n) is 4.15. The van der Waals surface area contributed by atoms with E-state index in [1.165, 1.54) is 0 Å². The summed E-state index contributed by atoms with van der Waals surface area (Å²) in [6.07, 6.45) is 0.536. The first-order valence-electron chi connectivity index (χ1n) is 5.63. The van der Waals surface area contributed by atoms with Crippen LogP contribution >= 0.6 is 50.7 Å². The molecule has 19 heavy (non-hydrogen) atoms. The van der Waals surface area contributed by atoms with Crippen LogP contribution in [0, 0.1) is 0 Å². The molecule has 1 atom stereocenters. The summed E-state index contributed by atoms with van der Waals surface area (Å²) in [5, 5.41) is 1.86. The van der Waals surface area contributed by atoms with E-state index in [1.54, 1.807) is 12.1 Å². The van der Waals surface area contributed by atoms with E-state index in [2.05, 4.69) is 15.9 Å². The maximum absolute atomic E-state index is 6.24. The molecule has 2 rings (SSSR count). The highest BCUT2D eigenvalue weighted by atomic mass is 79.9. The molecule has 1 unspecified atom stereocenters. The van der Waals surface area contributed by atoms with E-state index in [1.807, 2.05) is 24.3 Å². The summed E-state index contributed by atoms with van der Waals surface area (Å²) in [5.74, 6) is 0. The van der Waals surface area contributed by atoms with Gasteiger partial charge in [0.15, 0.2) is 0 Å². The second-order valence-corrected chi connectivity index (χ2v) is 6.20. The Morgan fingerprint density at radius 1 is 1.00 bits per heavy atom. The van der Waals surface area contributed by atoms with Gasteiger partial charge in [-0.2, -0.15) is 0 Å². The molecule has 0 saturated heterocycles. The molecule has 2 aromatic rings. The zero-order valence-electron chi connectivity index (χ0n) is 9.84. The van der Waals surface area contributed by atoms with Gasteiger partial charge in [-0.25, -0.2) is 0 Å². The number of rotatable bonds is 3. The molecule has 5 heteroatoms. The van der Waals surface area contributed by atoms with Crippen LogP contribution in [0.2, 0.25) is 15.1 Å². The Hall–Kier alpha value is -0.250. The number of hydrogen-bond donors (Lipinski definition) is 1. The Morgan fingerprint density at radius 2 is 1.58 bits per heavy atom. The van der Waals surface area contributed by atoms with Crippen LogP contribution in [0.1, 0.15) is 17.2 Å². The second kappa shape index (κ2) is 6.47. The lowest BCUT2D eigenvalue weighted by atomic mass is 9.99. The fourth-order valence-electron chi connectivity index (χ4n) is 1.86. The van der Waals surface area contributed by atoms with Gasteiger partial charge in [-0.05, 0) is 51.7 Å². The largest absolute Gasteiger partial charge is 0.324 e. The summed E-state index contributed by atoms with van der Waals surface area (Å²) < 4.78 is 0.826. The standard InChI is InChI=1S/C14H11BrCl3N/c15-10-4-1-3-8(14(10)18)13(19)7-9-11(16)5-2-6-12(9)17/h1-6,13H,7,19H2. The molecular formula is C14H11BrCl3N. The average molecular weight is 380 g/mol. The van der Waals surface area contributed by atoms with E-state index in [-0.39, 0.29) is 6.04 Å². The van der Waals surface area contributed by atoms with Crippen LogP contribution in [0.3, 0.4) is 0 Å². The van der Waals surface area contributed by atoms with Crippen molar-refractivity contribution >= 4 is 50.7 Å². The van der Waals surface area contributed by atoms with Gasteiger partial charge < -0.3 is 5.73 Å². The zero-order chi connectivity index (χ0) is 14.0.